The zero-order chi connectivity index (χ0) is 22.9. The predicted octanol–water partition coefficient (Wildman–Crippen LogP) is 7.00. The van der Waals surface area contributed by atoms with Gasteiger partial charge in [0.15, 0.2) is 11.4 Å². The number of carbonyl (C=O) groups excluding carboxylic acids is 1. The molecule has 0 aromatic heterocycles. The average Bonchev–Trinajstić information content (AvgIpc) is 3.03. The van der Waals surface area contributed by atoms with Gasteiger partial charge in [0.05, 0.1) is 12.6 Å². The average molecular weight is 466 g/mol. The number of urea groups is 1. The molecule has 32 heavy (non-hydrogen) atoms. The standard InChI is InChI=1S/C25H21Cl2N3O2/c1-3-5-23-25(32,17-6-4-7-20(16-17)28-2)30(22-14-10-19(27)11-15-22)24(31)29(23)21-12-8-18(26)9-13-21/h4,6-16,23,32H,3,5H2,1H3. The second-order valence-corrected chi connectivity index (χ2v) is 8.51. The van der Waals surface area contributed by atoms with E-state index < -0.39 is 11.8 Å². The lowest BCUT2D eigenvalue weighted by Crippen LogP contribution is -2.49. The summed E-state index contributed by atoms with van der Waals surface area (Å²) < 4.78 is 0. The van der Waals surface area contributed by atoms with Gasteiger partial charge in [0.1, 0.15) is 0 Å². The van der Waals surface area contributed by atoms with Crippen molar-refractivity contribution in [3.63, 3.8) is 0 Å². The molecule has 3 aromatic rings. The van der Waals surface area contributed by atoms with E-state index >= 15 is 0 Å². The molecule has 1 aliphatic rings. The van der Waals surface area contributed by atoms with Crippen LogP contribution >= 0.6 is 23.2 Å². The molecule has 7 heteroatoms. The number of benzene rings is 3. The topological polar surface area (TPSA) is 48.1 Å². The van der Waals surface area contributed by atoms with Gasteiger partial charge < -0.3 is 5.11 Å². The highest BCUT2D eigenvalue weighted by atomic mass is 35.5. The van der Waals surface area contributed by atoms with Gasteiger partial charge in [-0.05, 0) is 66.6 Å². The van der Waals surface area contributed by atoms with Crippen LogP contribution in [-0.2, 0) is 5.72 Å². The van der Waals surface area contributed by atoms with Crippen LogP contribution in [0.25, 0.3) is 4.85 Å². The molecule has 2 amide bonds. The summed E-state index contributed by atoms with van der Waals surface area (Å²) in [6.45, 7) is 9.41. The Balaban J connectivity index is 1.96. The van der Waals surface area contributed by atoms with Crippen LogP contribution in [0, 0.1) is 6.57 Å². The van der Waals surface area contributed by atoms with E-state index in [9.17, 15) is 9.90 Å². The van der Waals surface area contributed by atoms with E-state index in [0.717, 1.165) is 6.42 Å². The highest BCUT2D eigenvalue weighted by molar-refractivity contribution is 6.31. The molecule has 4 rings (SSSR count). The van der Waals surface area contributed by atoms with Crippen molar-refractivity contribution in [3.05, 3.63) is 99.8 Å². The number of halogens is 2. The molecular weight excluding hydrogens is 445 g/mol. The Morgan fingerprint density at radius 3 is 2.16 bits per heavy atom. The van der Waals surface area contributed by atoms with Gasteiger partial charge >= 0.3 is 6.03 Å². The lowest BCUT2D eigenvalue weighted by atomic mass is 9.90. The van der Waals surface area contributed by atoms with Crippen molar-refractivity contribution in [2.24, 2.45) is 0 Å². The summed E-state index contributed by atoms with van der Waals surface area (Å²) in [6.07, 6.45) is 1.28. The van der Waals surface area contributed by atoms with E-state index in [0.29, 0.717) is 39.1 Å². The Morgan fingerprint density at radius 1 is 1.00 bits per heavy atom. The van der Waals surface area contributed by atoms with Crippen molar-refractivity contribution in [1.82, 2.24) is 0 Å². The zero-order valence-electron chi connectivity index (χ0n) is 17.4. The summed E-state index contributed by atoms with van der Waals surface area (Å²) in [5, 5.41) is 13.4. The molecule has 0 aliphatic carbocycles. The Hall–Kier alpha value is -3.04. The fourth-order valence-corrected chi connectivity index (χ4v) is 4.49. The summed E-state index contributed by atoms with van der Waals surface area (Å²) in [6, 6.07) is 19.6. The Morgan fingerprint density at radius 2 is 1.59 bits per heavy atom. The van der Waals surface area contributed by atoms with E-state index in [1.165, 1.54) is 4.90 Å². The molecule has 1 fully saturated rings. The van der Waals surface area contributed by atoms with Crippen LogP contribution < -0.4 is 9.80 Å². The number of rotatable bonds is 5. The quantitative estimate of drug-likeness (QED) is 0.412. The Kier molecular flexibility index (Phi) is 6.12. The van der Waals surface area contributed by atoms with Crippen molar-refractivity contribution in [3.8, 4) is 0 Å². The van der Waals surface area contributed by atoms with Crippen molar-refractivity contribution in [1.29, 1.82) is 0 Å². The van der Waals surface area contributed by atoms with E-state index in [4.69, 9.17) is 29.8 Å². The first kappa shape index (κ1) is 22.2. The minimum absolute atomic E-state index is 0.371. The second kappa shape index (κ2) is 8.84. The predicted molar refractivity (Wildman–Crippen MR) is 129 cm³/mol. The number of hydrogen-bond acceptors (Lipinski definition) is 2. The maximum Gasteiger partial charge on any atom is 0.332 e. The first-order valence-corrected chi connectivity index (χ1v) is 11.0. The smallest absolute Gasteiger partial charge is 0.332 e. The molecule has 1 saturated heterocycles. The minimum Gasteiger partial charge on any atom is -0.365 e. The first-order valence-electron chi connectivity index (χ1n) is 10.2. The summed E-state index contributed by atoms with van der Waals surface area (Å²) in [5.74, 6) is 0. The van der Waals surface area contributed by atoms with Crippen molar-refractivity contribution >= 4 is 46.3 Å². The third-order valence-corrected chi connectivity index (χ3v) is 6.17. The lowest BCUT2D eigenvalue weighted by Gasteiger charge is -2.37. The van der Waals surface area contributed by atoms with Gasteiger partial charge in [-0.1, -0.05) is 54.7 Å². The molecule has 2 atom stereocenters. The van der Waals surface area contributed by atoms with Crippen LogP contribution in [0.1, 0.15) is 25.3 Å². The molecule has 5 nitrogen and oxygen atoms in total. The number of anilines is 2. The normalized spacial score (nSPS) is 20.5. The maximum atomic E-state index is 13.9. The zero-order valence-corrected chi connectivity index (χ0v) is 18.9. The Bertz CT molecular complexity index is 1180. The van der Waals surface area contributed by atoms with Gasteiger partial charge in [0.2, 0.25) is 0 Å². The first-order chi connectivity index (χ1) is 15.4. The van der Waals surface area contributed by atoms with E-state index in [2.05, 4.69) is 4.85 Å². The molecule has 2 unspecified atom stereocenters. The second-order valence-electron chi connectivity index (χ2n) is 7.63. The molecule has 1 aliphatic heterocycles. The number of nitrogens with zero attached hydrogens (tertiary/aromatic N) is 3. The van der Waals surface area contributed by atoms with Crippen LogP contribution in [0.15, 0.2) is 72.8 Å². The lowest BCUT2D eigenvalue weighted by molar-refractivity contribution is 0.0291. The highest BCUT2D eigenvalue weighted by Gasteiger charge is 2.58. The maximum absolute atomic E-state index is 13.9. The highest BCUT2D eigenvalue weighted by Crippen LogP contribution is 2.46. The van der Waals surface area contributed by atoms with Crippen LogP contribution in [-0.4, -0.2) is 17.2 Å². The third-order valence-electron chi connectivity index (χ3n) is 5.67. The molecule has 1 heterocycles. The molecule has 162 valence electrons. The molecule has 0 saturated carbocycles. The summed E-state index contributed by atoms with van der Waals surface area (Å²) in [7, 11) is 0. The summed E-state index contributed by atoms with van der Waals surface area (Å²) >= 11 is 12.2. The SMILES string of the molecule is [C-]#[N+]c1cccc(C2(O)C(CCC)N(c3ccc(Cl)cc3)C(=O)N2c2ccc(Cl)cc2)c1. The van der Waals surface area contributed by atoms with Gasteiger partial charge in [-0.3, -0.25) is 9.80 Å². The van der Waals surface area contributed by atoms with Gasteiger partial charge in [0, 0.05) is 21.4 Å². The molecule has 0 radical (unpaired) electrons. The third kappa shape index (κ3) is 3.71. The largest absolute Gasteiger partial charge is 0.365 e. The van der Waals surface area contributed by atoms with Crippen molar-refractivity contribution in [2.75, 3.05) is 9.80 Å². The summed E-state index contributed by atoms with van der Waals surface area (Å²) in [4.78, 5) is 20.4. The molecule has 1 N–H and O–H groups in total. The van der Waals surface area contributed by atoms with E-state index in [1.54, 1.807) is 77.7 Å². The van der Waals surface area contributed by atoms with Crippen molar-refractivity contribution in [2.45, 2.75) is 31.5 Å². The van der Waals surface area contributed by atoms with Gasteiger partial charge in [-0.15, -0.1) is 0 Å². The summed E-state index contributed by atoms with van der Waals surface area (Å²) in [5.41, 5.74) is 0.298. The molecule has 3 aromatic carbocycles. The molecular formula is C25H21Cl2N3O2. The molecule has 0 spiro atoms. The number of amides is 2. The van der Waals surface area contributed by atoms with Crippen LogP contribution in [0.4, 0.5) is 21.9 Å². The van der Waals surface area contributed by atoms with Crippen LogP contribution in [0.5, 0.6) is 0 Å². The number of hydrogen-bond donors (Lipinski definition) is 1. The van der Waals surface area contributed by atoms with Crippen LogP contribution in [0.3, 0.4) is 0 Å². The van der Waals surface area contributed by atoms with Gasteiger partial charge in [0.25, 0.3) is 0 Å². The van der Waals surface area contributed by atoms with Gasteiger partial charge in [-0.25, -0.2) is 9.64 Å². The fourth-order valence-electron chi connectivity index (χ4n) is 4.24. The number of aliphatic hydroxyl groups is 1. The monoisotopic (exact) mass is 465 g/mol. The van der Waals surface area contributed by atoms with E-state index in [-0.39, 0.29) is 6.03 Å². The van der Waals surface area contributed by atoms with E-state index in [1.807, 2.05) is 6.92 Å². The fraction of sp³-hybridized carbons (Fsp3) is 0.200. The number of carbonyl (C=O) groups is 1. The Labute approximate surface area is 197 Å². The minimum atomic E-state index is -1.71. The van der Waals surface area contributed by atoms with Crippen LogP contribution in [0.2, 0.25) is 10.0 Å². The van der Waals surface area contributed by atoms with Crippen molar-refractivity contribution < 1.29 is 9.90 Å². The van der Waals surface area contributed by atoms with Gasteiger partial charge in [-0.2, -0.15) is 0 Å². The molecule has 0 bridgehead atoms.